The molecule has 2 rings (SSSR count). The lowest BCUT2D eigenvalue weighted by Gasteiger charge is -2.09. The Bertz CT molecular complexity index is 492. The predicted octanol–water partition coefficient (Wildman–Crippen LogP) is 3.53. The molecule has 0 bridgehead atoms. The van der Waals surface area contributed by atoms with Crippen LogP contribution in [-0.4, -0.2) is 7.85 Å². The van der Waals surface area contributed by atoms with Gasteiger partial charge in [-0.3, -0.25) is 0 Å². The smallest absolute Gasteiger partial charge is 0.0909 e. The van der Waals surface area contributed by atoms with Crippen LogP contribution < -0.4 is 5.46 Å². The summed E-state index contributed by atoms with van der Waals surface area (Å²) < 4.78 is 1.10. The van der Waals surface area contributed by atoms with Gasteiger partial charge in [-0.15, -0.1) is 0 Å². The Morgan fingerprint density at radius 1 is 0.875 bits per heavy atom. The Hall–Kier alpha value is -1.02. The molecule has 0 saturated carbocycles. The van der Waals surface area contributed by atoms with Crippen molar-refractivity contribution in [3.63, 3.8) is 0 Å². The van der Waals surface area contributed by atoms with Crippen LogP contribution in [0.2, 0.25) is 0 Å². The summed E-state index contributed by atoms with van der Waals surface area (Å²) in [6.07, 6.45) is 0. The van der Waals surface area contributed by atoms with Crippen LogP contribution in [0.5, 0.6) is 0 Å². The van der Waals surface area contributed by atoms with Crippen LogP contribution in [0.4, 0.5) is 0 Å². The molecule has 0 aliphatic rings. The van der Waals surface area contributed by atoms with E-state index in [2.05, 4.69) is 52.3 Å². The normalized spacial score (nSPS) is 10.4. The first kappa shape index (κ1) is 11.5. The van der Waals surface area contributed by atoms with Crippen molar-refractivity contribution in [1.29, 1.82) is 0 Å². The zero-order valence-corrected chi connectivity index (χ0v) is 11.0. The number of halogens is 1. The second-order valence-corrected chi connectivity index (χ2v) is 4.95. The lowest BCUT2D eigenvalue weighted by atomic mass is 9.84. The summed E-state index contributed by atoms with van der Waals surface area (Å²) in [7, 11) is 5.95. The third kappa shape index (κ3) is 2.22. The molecular weight excluding hydrogens is 259 g/mol. The molecule has 78 valence electrons. The maximum absolute atomic E-state index is 5.95. The lowest BCUT2D eigenvalue weighted by Crippen LogP contribution is -2.11. The number of benzene rings is 2. The summed E-state index contributed by atoms with van der Waals surface area (Å²) in [5, 5.41) is 0. The minimum absolute atomic E-state index is 0.890. The quantitative estimate of drug-likeness (QED) is 0.696. The molecular formula is C14H12BBr. The zero-order valence-electron chi connectivity index (χ0n) is 9.42. The molecule has 2 aromatic rings. The molecule has 0 aromatic heterocycles. The van der Waals surface area contributed by atoms with Gasteiger partial charge in [-0.2, -0.15) is 0 Å². The molecule has 0 spiro atoms. The van der Waals surface area contributed by atoms with Crippen LogP contribution in [0.25, 0.3) is 11.1 Å². The monoisotopic (exact) mass is 270 g/mol. The minimum Gasteiger partial charge on any atom is -0.0909 e. The third-order valence-corrected chi connectivity index (χ3v) is 3.30. The molecule has 2 radical (unpaired) electrons. The molecule has 2 heteroatoms. The van der Waals surface area contributed by atoms with E-state index < -0.39 is 0 Å². The van der Waals surface area contributed by atoms with E-state index in [0.717, 1.165) is 21.1 Å². The summed E-state index contributed by atoms with van der Waals surface area (Å²) in [5.74, 6) is 0. The van der Waals surface area contributed by atoms with Crippen LogP contribution >= 0.6 is 15.9 Å². The molecule has 0 saturated heterocycles. The van der Waals surface area contributed by atoms with Gasteiger partial charge in [0.15, 0.2) is 0 Å². The summed E-state index contributed by atoms with van der Waals surface area (Å²) in [6.45, 7) is 4.09. The topological polar surface area (TPSA) is 0 Å². The van der Waals surface area contributed by atoms with Gasteiger partial charge in [-0.25, -0.2) is 0 Å². The molecule has 0 N–H and O–H groups in total. The molecule has 16 heavy (non-hydrogen) atoms. The lowest BCUT2D eigenvalue weighted by molar-refractivity contribution is 1.43. The van der Waals surface area contributed by atoms with Crippen molar-refractivity contribution in [2.45, 2.75) is 13.8 Å². The molecule has 0 atom stereocenters. The van der Waals surface area contributed by atoms with Crippen molar-refractivity contribution >= 4 is 29.2 Å². The average molecular weight is 271 g/mol. The highest BCUT2D eigenvalue weighted by molar-refractivity contribution is 9.10. The first-order valence-corrected chi connectivity index (χ1v) is 6.00. The average Bonchev–Trinajstić information content (AvgIpc) is 2.26. The highest BCUT2D eigenvalue weighted by Crippen LogP contribution is 2.22. The molecule has 0 aliphatic heterocycles. The van der Waals surface area contributed by atoms with Crippen LogP contribution in [0.1, 0.15) is 11.1 Å². The van der Waals surface area contributed by atoms with Gasteiger partial charge >= 0.3 is 0 Å². The third-order valence-electron chi connectivity index (χ3n) is 2.77. The van der Waals surface area contributed by atoms with Crippen molar-refractivity contribution in [2.24, 2.45) is 0 Å². The van der Waals surface area contributed by atoms with Gasteiger partial charge in [0.2, 0.25) is 0 Å². The van der Waals surface area contributed by atoms with E-state index in [-0.39, 0.29) is 0 Å². The van der Waals surface area contributed by atoms with Gasteiger partial charge < -0.3 is 0 Å². The van der Waals surface area contributed by atoms with Crippen LogP contribution in [0, 0.1) is 13.8 Å². The number of aryl methyl sites for hydroxylation is 2. The molecule has 2 aromatic carbocycles. The van der Waals surface area contributed by atoms with Crippen LogP contribution in [0.3, 0.4) is 0 Å². The van der Waals surface area contributed by atoms with E-state index in [4.69, 9.17) is 7.85 Å². The van der Waals surface area contributed by atoms with Gasteiger partial charge in [0, 0.05) is 4.47 Å². The van der Waals surface area contributed by atoms with Gasteiger partial charge in [0.25, 0.3) is 0 Å². The molecule has 0 aliphatic carbocycles. The van der Waals surface area contributed by atoms with E-state index in [0.29, 0.717) is 0 Å². The second-order valence-electron chi connectivity index (χ2n) is 4.03. The predicted molar refractivity (Wildman–Crippen MR) is 74.4 cm³/mol. The Morgan fingerprint density at radius 2 is 1.38 bits per heavy atom. The fraction of sp³-hybridized carbons (Fsp3) is 0.143. The van der Waals surface area contributed by atoms with Gasteiger partial charge in [-0.05, 0) is 37.1 Å². The van der Waals surface area contributed by atoms with E-state index >= 15 is 0 Å². The largest absolute Gasteiger partial charge is 0.114 e. The van der Waals surface area contributed by atoms with E-state index in [1.54, 1.807) is 0 Å². The highest BCUT2D eigenvalue weighted by Gasteiger charge is 2.02. The number of rotatable bonds is 1. The Kier molecular flexibility index (Phi) is 3.20. The molecule has 0 fully saturated rings. The van der Waals surface area contributed by atoms with Crippen molar-refractivity contribution in [2.75, 3.05) is 0 Å². The first-order chi connectivity index (χ1) is 7.58. The fourth-order valence-electron chi connectivity index (χ4n) is 1.78. The van der Waals surface area contributed by atoms with Crippen molar-refractivity contribution in [3.05, 3.63) is 52.0 Å². The minimum atomic E-state index is 0.890. The van der Waals surface area contributed by atoms with Gasteiger partial charge in [0.1, 0.15) is 7.85 Å². The molecule has 0 nitrogen and oxygen atoms in total. The van der Waals surface area contributed by atoms with E-state index in [1.165, 1.54) is 11.1 Å². The van der Waals surface area contributed by atoms with Crippen molar-refractivity contribution in [3.8, 4) is 11.1 Å². The van der Waals surface area contributed by atoms with Crippen LogP contribution in [-0.2, 0) is 0 Å². The fourth-order valence-corrected chi connectivity index (χ4v) is 2.05. The Balaban J connectivity index is 2.52. The first-order valence-electron chi connectivity index (χ1n) is 5.20. The highest BCUT2D eigenvalue weighted by atomic mass is 79.9. The standard InChI is InChI=1S/C14H12BBr/c1-9-7-12(8-10(2)14(9)15)11-3-5-13(16)6-4-11/h3-8H,1-2H3. The zero-order chi connectivity index (χ0) is 11.7. The molecule has 0 unspecified atom stereocenters. The maximum atomic E-state index is 5.95. The number of hydrogen-bond donors (Lipinski definition) is 0. The second kappa shape index (κ2) is 4.46. The van der Waals surface area contributed by atoms with Gasteiger partial charge in [-0.1, -0.05) is 56.8 Å². The van der Waals surface area contributed by atoms with E-state index in [1.807, 2.05) is 13.8 Å². The Morgan fingerprint density at radius 3 is 1.88 bits per heavy atom. The van der Waals surface area contributed by atoms with Crippen molar-refractivity contribution < 1.29 is 0 Å². The Labute approximate surface area is 106 Å². The SMILES string of the molecule is [B]c1c(C)cc(-c2ccc(Br)cc2)cc1C. The summed E-state index contributed by atoms with van der Waals surface area (Å²) in [5.41, 5.74) is 5.60. The van der Waals surface area contributed by atoms with Crippen LogP contribution in [0.15, 0.2) is 40.9 Å². The van der Waals surface area contributed by atoms with E-state index in [9.17, 15) is 0 Å². The molecule has 0 amide bonds. The summed E-state index contributed by atoms with van der Waals surface area (Å²) >= 11 is 3.44. The van der Waals surface area contributed by atoms with Gasteiger partial charge in [0.05, 0.1) is 0 Å². The maximum Gasteiger partial charge on any atom is 0.114 e. The molecule has 0 heterocycles. The summed E-state index contributed by atoms with van der Waals surface area (Å²) in [4.78, 5) is 0. The summed E-state index contributed by atoms with van der Waals surface area (Å²) in [6, 6.07) is 12.6. The van der Waals surface area contributed by atoms with Crippen molar-refractivity contribution in [1.82, 2.24) is 0 Å². The number of hydrogen-bond acceptors (Lipinski definition) is 0.